The monoisotopic (exact) mass is 335 g/mol. The second-order valence-corrected chi connectivity index (χ2v) is 6.76. The normalized spacial score (nSPS) is 21.6. The van der Waals surface area contributed by atoms with Gasteiger partial charge in [0.15, 0.2) is 6.10 Å². The Labute approximate surface area is 144 Å². The lowest BCUT2D eigenvalue weighted by atomic mass is 9.75. The quantitative estimate of drug-likeness (QED) is 0.569. The number of methoxy groups -OCH3 is 2. The SMILES string of the molecule is COc1cc(OC)cc(C(=O)OO[C]2CC(C)CCC2C(C)C)c1. The molecule has 2 atom stereocenters. The van der Waals surface area contributed by atoms with E-state index in [0.29, 0.717) is 34.8 Å². The van der Waals surface area contributed by atoms with E-state index >= 15 is 0 Å². The lowest BCUT2D eigenvalue weighted by Crippen LogP contribution is -2.28. The van der Waals surface area contributed by atoms with Crippen molar-refractivity contribution in [2.75, 3.05) is 14.2 Å². The van der Waals surface area contributed by atoms with Crippen LogP contribution < -0.4 is 9.47 Å². The van der Waals surface area contributed by atoms with Crippen LogP contribution in [0.1, 0.15) is 50.4 Å². The van der Waals surface area contributed by atoms with Gasteiger partial charge in [0.05, 0.1) is 19.8 Å². The van der Waals surface area contributed by atoms with Crippen molar-refractivity contribution in [3.8, 4) is 11.5 Å². The Morgan fingerprint density at radius 1 is 1.08 bits per heavy atom. The number of carbonyl (C=O) groups is 1. The van der Waals surface area contributed by atoms with Gasteiger partial charge in [-0.3, -0.25) is 4.89 Å². The molecule has 0 saturated heterocycles. The van der Waals surface area contributed by atoms with Gasteiger partial charge in [0.25, 0.3) is 0 Å². The minimum Gasteiger partial charge on any atom is -0.497 e. The Morgan fingerprint density at radius 2 is 1.71 bits per heavy atom. The molecule has 1 aliphatic carbocycles. The smallest absolute Gasteiger partial charge is 0.373 e. The van der Waals surface area contributed by atoms with Gasteiger partial charge in [-0.05, 0) is 42.7 Å². The Kier molecular flexibility index (Phi) is 6.49. The molecule has 1 aliphatic rings. The van der Waals surface area contributed by atoms with Crippen LogP contribution in [-0.4, -0.2) is 20.2 Å². The molecule has 0 bridgehead atoms. The molecule has 5 heteroatoms. The van der Waals surface area contributed by atoms with E-state index < -0.39 is 5.97 Å². The zero-order valence-corrected chi connectivity index (χ0v) is 15.1. The zero-order valence-electron chi connectivity index (χ0n) is 15.1. The topological polar surface area (TPSA) is 54.0 Å². The highest BCUT2D eigenvalue weighted by molar-refractivity contribution is 5.90. The average molecular weight is 335 g/mol. The molecule has 133 valence electrons. The van der Waals surface area contributed by atoms with E-state index in [1.54, 1.807) is 18.2 Å². The summed E-state index contributed by atoms with van der Waals surface area (Å²) in [4.78, 5) is 22.9. The number of rotatable bonds is 6. The van der Waals surface area contributed by atoms with Crippen LogP contribution in [-0.2, 0) is 9.78 Å². The van der Waals surface area contributed by atoms with Gasteiger partial charge < -0.3 is 9.47 Å². The van der Waals surface area contributed by atoms with Crippen LogP contribution in [0.4, 0.5) is 0 Å². The average Bonchev–Trinajstić information content (AvgIpc) is 2.58. The summed E-state index contributed by atoms with van der Waals surface area (Å²) in [5.74, 6) is 1.84. The summed E-state index contributed by atoms with van der Waals surface area (Å²) < 4.78 is 10.3. The minimum absolute atomic E-state index is 0.328. The Bertz CT molecular complexity index is 532. The van der Waals surface area contributed by atoms with Crippen molar-refractivity contribution in [2.24, 2.45) is 17.8 Å². The van der Waals surface area contributed by atoms with E-state index in [4.69, 9.17) is 19.2 Å². The van der Waals surface area contributed by atoms with Crippen molar-refractivity contribution in [1.29, 1.82) is 0 Å². The molecule has 0 spiro atoms. The number of carbonyl (C=O) groups excluding carboxylic acids is 1. The summed E-state index contributed by atoms with van der Waals surface area (Å²) in [6.45, 7) is 6.52. The summed E-state index contributed by atoms with van der Waals surface area (Å²) in [6, 6.07) is 4.90. The van der Waals surface area contributed by atoms with Crippen LogP contribution >= 0.6 is 0 Å². The Hall–Kier alpha value is -1.75. The molecule has 0 heterocycles. The predicted octanol–water partition coefficient (Wildman–Crippen LogP) is 4.42. The maximum atomic E-state index is 12.3. The van der Waals surface area contributed by atoms with Gasteiger partial charge in [0.1, 0.15) is 11.5 Å². The van der Waals surface area contributed by atoms with E-state index in [0.717, 1.165) is 18.9 Å². The molecular weight excluding hydrogens is 308 g/mol. The largest absolute Gasteiger partial charge is 0.497 e. The van der Waals surface area contributed by atoms with Gasteiger partial charge >= 0.3 is 5.97 Å². The van der Waals surface area contributed by atoms with Crippen molar-refractivity contribution >= 4 is 5.97 Å². The summed E-state index contributed by atoms with van der Waals surface area (Å²) in [5, 5.41) is 0. The van der Waals surface area contributed by atoms with Crippen molar-refractivity contribution < 1.29 is 24.0 Å². The molecule has 1 fully saturated rings. The first-order valence-electron chi connectivity index (χ1n) is 8.42. The van der Waals surface area contributed by atoms with Gasteiger partial charge in [-0.1, -0.05) is 27.2 Å². The molecule has 5 nitrogen and oxygen atoms in total. The first-order valence-corrected chi connectivity index (χ1v) is 8.42. The van der Waals surface area contributed by atoms with Crippen molar-refractivity contribution in [3.05, 3.63) is 29.9 Å². The first-order chi connectivity index (χ1) is 11.4. The fourth-order valence-corrected chi connectivity index (χ4v) is 3.09. The van der Waals surface area contributed by atoms with E-state index in [1.165, 1.54) is 20.6 Å². The van der Waals surface area contributed by atoms with Gasteiger partial charge in [0, 0.05) is 6.07 Å². The van der Waals surface area contributed by atoms with Crippen LogP contribution in [0, 0.1) is 23.9 Å². The molecule has 0 N–H and O–H groups in total. The Morgan fingerprint density at radius 3 is 2.25 bits per heavy atom. The summed E-state index contributed by atoms with van der Waals surface area (Å²) in [5.41, 5.74) is 0.330. The molecule has 2 rings (SSSR count). The third kappa shape index (κ3) is 4.63. The third-order valence-electron chi connectivity index (χ3n) is 4.55. The number of hydrogen-bond acceptors (Lipinski definition) is 5. The van der Waals surface area contributed by atoms with Gasteiger partial charge in [0.2, 0.25) is 0 Å². The molecule has 1 aromatic carbocycles. The molecular formula is C19H27O5. The van der Waals surface area contributed by atoms with E-state index in [1.807, 2.05) is 0 Å². The van der Waals surface area contributed by atoms with Gasteiger partial charge in [-0.15, -0.1) is 0 Å². The lowest BCUT2D eigenvalue weighted by molar-refractivity contribution is -0.251. The maximum absolute atomic E-state index is 12.3. The highest BCUT2D eigenvalue weighted by atomic mass is 17.2. The van der Waals surface area contributed by atoms with Crippen LogP contribution in [0.2, 0.25) is 0 Å². The molecule has 0 aliphatic heterocycles. The lowest BCUT2D eigenvalue weighted by Gasteiger charge is -2.34. The van der Waals surface area contributed by atoms with Crippen molar-refractivity contribution in [3.63, 3.8) is 0 Å². The zero-order chi connectivity index (χ0) is 17.7. The van der Waals surface area contributed by atoms with Crippen molar-refractivity contribution in [2.45, 2.75) is 40.0 Å². The molecule has 24 heavy (non-hydrogen) atoms. The third-order valence-corrected chi connectivity index (χ3v) is 4.55. The maximum Gasteiger partial charge on any atom is 0.373 e. The fraction of sp³-hybridized carbons (Fsp3) is 0.579. The molecule has 1 saturated carbocycles. The standard InChI is InChI=1S/C19H27O5/c1-12(2)17-7-6-13(3)8-18(17)23-24-19(20)14-9-15(21-4)11-16(10-14)22-5/h9-13,17H,6-8H2,1-5H3. The molecule has 1 aromatic rings. The Balaban J connectivity index is 2.03. The first kappa shape index (κ1) is 18.6. The van der Waals surface area contributed by atoms with Gasteiger partial charge in [-0.2, -0.15) is 4.89 Å². The van der Waals surface area contributed by atoms with Crippen LogP contribution in [0.25, 0.3) is 0 Å². The molecule has 2 unspecified atom stereocenters. The van der Waals surface area contributed by atoms with Crippen LogP contribution in [0.5, 0.6) is 11.5 Å². The molecule has 1 radical (unpaired) electrons. The minimum atomic E-state index is -0.555. The molecule has 0 amide bonds. The number of ether oxygens (including phenoxy) is 2. The second kappa shape index (κ2) is 8.38. The van der Waals surface area contributed by atoms with Crippen molar-refractivity contribution in [1.82, 2.24) is 0 Å². The highest BCUT2D eigenvalue weighted by Crippen LogP contribution is 2.40. The molecule has 0 aromatic heterocycles. The summed E-state index contributed by atoms with van der Waals surface area (Å²) in [7, 11) is 3.07. The summed E-state index contributed by atoms with van der Waals surface area (Å²) in [6.07, 6.45) is 3.94. The second-order valence-electron chi connectivity index (χ2n) is 6.76. The predicted molar refractivity (Wildman–Crippen MR) is 90.6 cm³/mol. The highest BCUT2D eigenvalue weighted by Gasteiger charge is 2.34. The fourth-order valence-electron chi connectivity index (χ4n) is 3.09. The van der Waals surface area contributed by atoms with E-state index in [2.05, 4.69) is 20.8 Å². The number of hydrogen-bond donors (Lipinski definition) is 0. The van der Waals surface area contributed by atoms with Gasteiger partial charge in [-0.25, -0.2) is 4.79 Å². The van der Waals surface area contributed by atoms with E-state index in [-0.39, 0.29) is 0 Å². The van der Waals surface area contributed by atoms with E-state index in [9.17, 15) is 4.79 Å². The van der Waals surface area contributed by atoms with Crippen LogP contribution in [0.15, 0.2) is 18.2 Å². The number of benzene rings is 1. The summed E-state index contributed by atoms with van der Waals surface area (Å²) >= 11 is 0. The van der Waals surface area contributed by atoms with Crippen LogP contribution in [0.3, 0.4) is 0 Å².